The van der Waals surface area contributed by atoms with Gasteiger partial charge in [0.2, 0.25) is 5.95 Å². The first kappa shape index (κ1) is 10.9. The van der Waals surface area contributed by atoms with E-state index in [1.807, 2.05) is 0 Å². The maximum Gasteiger partial charge on any atom is 0.356 e. The van der Waals surface area contributed by atoms with Crippen LogP contribution in [0.3, 0.4) is 0 Å². The molecule has 0 fully saturated rings. The van der Waals surface area contributed by atoms with Gasteiger partial charge in [0.1, 0.15) is 6.33 Å². The molecule has 2 rings (SSSR count). The summed E-state index contributed by atoms with van der Waals surface area (Å²) >= 11 is 0. The molecule has 0 saturated heterocycles. The number of nitrogen functional groups attached to an aromatic ring is 1. The Kier molecular flexibility index (Phi) is 2.63. The van der Waals surface area contributed by atoms with Crippen LogP contribution in [0.2, 0.25) is 0 Å². The number of aromatic hydroxyl groups is 2. The lowest BCUT2D eigenvalue weighted by Crippen LogP contribution is -2.24. The summed E-state index contributed by atoms with van der Waals surface area (Å²) < 4.78 is 1.10. The average molecular weight is 235 g/mol. The highest BCUT2D eigenvalue weighted by Gasteiger charge is 2.06. The molecule has 88 valence electrons. The van der Waals surface area contributed by atoms with Gasteiger partial charge in [0.05, 0.1) is 5.69 Å². The highest BCUT2D eigenvalue weighted by atomic mass is 16.3. The molecule has 8 heteroatoms. The number of hydrazine groups is 1. The van der Waals surface area contributed by atoms with Crippen molar-refractivity contribution < 1.29 is 10.2 Å². The number of hydrogen-bond donors (Lipinski definition) is 4. The third kappa shape index (κ3) is 2.01. The Morgan fingerprint density at radius 1 is 1.29 bits per heavy atom. The first-order valence-electron chi connectivity index (χ1n) is 4.56. The van der Waals surface area contributed by atoms with Crippen LogP contribution < -0.4 is 17.0 Å². The number of anilines is 1. The van der Waals surface area contributed by atoms with Crippen LogP contribution in [0.5, 0.6) is 11.5 Å². The van der Waals surface area contributed by atoms with Crippen LogP contribution in [0, 0.1) is 0 Å². The zero-order chi connectivity index (χ0) is 12.4. The second-order valence-electron chi connectivity index (χ2n) is 3.15. The molecule has 0 amide bonds. The third-order valence-corrected chi connectivity index (χ3v) is 2.07. The van der Waals surface area contributed by atoms with Gasteiger partial charge in [-0.05, 0) is 12.1 Å². The summed E-state index contributed by atoms with van der Waals surface area (Å²) in [6.07, 6.45) is 1.20. The molecule has 0 aliphatic carbocycles. The standard InChI is InChI=1S/C9H9N5O3/c10-13-8-11-4-14(9(17)12-8)5-1-2-6(15)7(16)3-5/h1-4,15-16H,10H2,(H,12,13,17). The van der Waals surface area contributed by atoms with Crippen molar-refractivity contribution in [2.24, 2.45) is 5.84 Å². The number of rotatable bonds is 2. The van der Waals surface area contributed by atoms with Crippen LogP contribution >= 0.6 is 0 Å². The van der Waals surface area contributed by atoms with E-state index in [1.165, 1.54) is 24.5 Å². The molecule has 5 N–H and O–H groups in total. The first-order chi connectivity index (χ1) is 8.11. The summed E-state index contributed by atoms with van der Waals surface area (Å²) in [5, 5.41) is 18.5. The molecule has 1 aromatic carbocycles. The Hall–Kier alpha value is -2.61. The van der Waals surface area contributed by atoms with Crippen LogP contribution in [-0.4, -0.2) is 24.7 Å². The van der Waals surface area contributed by atoms with Crippen molar-refractivity contribution in [1.82, 2.24) is 14.5 Å². The Balaban J connectivity index is 2.53. The summed E-state index contributed by atoms with van der Waals surface area (Å²) in [6, 6.07) is 3.91. The lowest BCUT2D eigenvalue weighted by Gasteiger charge is -2.06. The predicted octanol–water partition coefficient (Wildman–Crippen LogP) is -0.676. The quantitative estimate of drug-likeness (QED) is 0.308. The molecule has 0 saturated carbocycles. The maximum absolute atomic E-state index is 11.6. The molecule has 0 unspecified atom stereocenters. The van der Waals surface area contributed by atoms with Crippen molar-refractivity contribution >= 4 is 5.95 Å². The third-order valence-electron chi connectivity index (χ3n) is 2.07. The fourth-order valence-electron chi connectivity index (χ4n) is 1.24. The number of aromatic nitrogens is 3. The zero-order valence-electron chi connectivity index (χ0n) is 8.53. The molecule has 0 aliphatic heterocycles. The Morgan fingerprint density at radius 2 is 2.06 bits per heavy atom. The van der Waals surface area contributed by atoms with Crippen molar-refractivity contribution in [2.45, 2.75) is 0 Å². The Labute approximate surface area is 95.0 Å². The van der Waals surface area contributed by atoms with Crippen LogP contribution in [0.1, 0.15) is 0 Å². The summed E-state index contributed by atoms with van der Waals surface area (Å²) in [6.45, 7) is 0. The van der Waals surface area contributed by atoms with E-state index in [2.05, 4.69) is 15.4 Å². The van der Waals surface area contributed by atoms with E-state index in [0.717, 1.165) is 4.57 Å². The van der Waals surface area contributed by atoms with Gasteiger partial charge in [-0.25, -0.2) is 15.6 Å². The van der Waals surface area contributed by atoms with E-state index in [4.69, 9.17) is 10.9 Å². The van der Waals surface area contributed by atoms with Gasteiger partial charge >= 0.3 is 5.69 Å². The summed E-state index contributed by atoms with van der Waals surface area (Å²) in [5.74, 6) is 4.44. The average Bonchev–Trinajstić information content (AvgIpc) is 2.32. The molecule has 1 heterocycles. The van der Waals surface area contributed by atoms with E-state index in [-0.39, 0.29) is 17.4 Å². The van der Waals surface area contributed by atoms with Gasteiger partial charge in [-0.1, -0.05) is 0 Å². The van der Waals surface area contributed by atoms with Crippen LogP contribution in [0.4, 0.5) is 5.95 Å². The van der Waals surface area contributed by atoms with E-state index in [1.54, 1.807) is 0 Å². The highest BCUT2D eigenvalue weighted by Crippen LogP contribution is 2.25. The molecule has 1 aromatic heterocycles. The summed E-state index contributed by atoms with van der Waals surface area (Å²) in [7, 11) is 0. The van der Waals surface area contributed by atoms with E-state index in [0.29, 0.717) is 5.69 Å². The number of nitrogens with two attached hydrogens (primary N) is 1. The second kappa shape index (κ2) is 4.10. The Bertz CT molecular complexity index is 610. The van der Waals surface area contributed by atoms with Crippen LogP contribution in [0.15, 0.2) is 29.3 Å². The lowest BCUT2D eigenvalue weighted by atomic mass is 10.3. The lowest BCUT2D eigenvalue weighted by molar-refractivity contribution is 0.403. The number of hydrogen-bond acceptors (Lipinski definition) is 7. The molecule has 0 atom stereocenters. The van der Waals surface area contributed by atoms with Gasteiger partial charge < -0.3 is 10.2 Å². The first-order valence-corrected chi connectivity index (χ1v) is 4.56. The minimum atomic E-state index is -0.613. The topological polar surface area (TPSA) is 126 Å². The Morgan fingerprint density at radius 3 is 2.65 bits per heavy atom. The highest BCUT2D eigenvalue weighted by molar-refractivity contribution is 5.47. The molecule has 2 aromatic rings. The van der Waals surface area contributed by atoms with Gasteiger partial charge in [0.15, 0.2) is 11.5 Å². The molecule has 0 aliphatic rings. The van der Waals surface area contributed by atoms with Gasteiger partial charge in [-0.15, -0.1) is 0 Å². The molecule has 8 nitrogen and oxygen atoms in total. The van der Waals surface area contributed by atoms with Crippen LogP contribution in [0.25, 0.3) is 5.69 Å². The number of nitrogens with zero attached hydrogens (tertiary/aromatic N) is 3. The predicted molar refractivity (Wildman–Crippen MR) is 58.8 cm³/mol. The number of benzene rings is 1. The van der Waals surface area contributed by atoms with Crippen LogP contribution in [-0.2, 0) is 0 Å². The minimum absolute atomic E-state index is 0.00532. The van der Waals surface area contributed by atoms with Crippen molar-refractivity contribution in [3.05, 3.63) is 35.0 Å². The SMILES string of the molecule is NNc1ncn(-c2ccc(O)c(O)c2)c(=O)n1. The van der Waals surface area contributed by atoms with E-state index >= 15 is 0 Å². The largest absolute Gasteiger partial charge is 0.504 e. The molecule has 0 spiro atoms. The van der Waals surface area contributed by atoms with Crippen molar-refractivity contribution in [2.75, 3.05) is 5.43 Å². The minimum Gasteiger partial charge on any atom is -0.504 e. The van der Waals surface area contributed by atoms with Gasteiger partial charge in [0, 0.05) is 6.07 Å². The van der Waals surface area contributed by atoms with Crippen molar-refractivity contribution in [3.8, 4) is 17.2 Å². The van der Waals surface area contributed by atoms with Gasteiger partial charge in [0.25, 0.3) is 0 Å². The smallest absolute Gasteiger partial charge is 0.356 e. The fraction of sp³-hybridized carbons (Fsp3) is 0. The molecular formula is C9H9N5O3. The molecular weight excluding hydrogens is 226 g/mol. The normalized spacial score (nSPS) is 10.2. The monoisotopic (exact) mass is 235 g/mol. The molecule has 0 bridgehead atoms. The van der Waals surface area contributed by atoms with E-state index < -0.39 is 5.69 Å². The number of phenolic OH excluding ortho intramolecular Hbond substituents is 2. The number of nitrogens with one attached hydrogen (secondary N) is 1. The number of phenols is 2. The summed E-state index contributed by atoms with van der Waals surface area (Å²) in [4.78, 5) is 18.9. The molecule has 17 heavy (non-hydrogen) atoms. The van der Waals surface area contributed by atoms with Gasteiger partial charge in [-0.2, -0.15) is 4.98 Å². The maximum atomic E-state index is 11.6. The fourth-order valence-corrected chi connectivity index (χ4v) is 1.24. The summed E-state index contributed by atoms with van der Waals surface area (Å²) in [5.41, 5.74) is 1.86. The van der Waals surface area contributed by atoms with Gasteiger partial charge in [-0.3, -0.25) is 9.99 Å². The van der Waals surface area contributed by atoms with E-state index in [9.17, 15) is 9.90 Å². The zero-order valence-corrected chi connectivity index (χ0v) is 8.53. The van der Waals surface area contributed by atoms with Crippen molar-refractivity contribution in [1.29, 1.82) is 0 Å². The van der Waals surface area contributed by atoms with Crippen molar-refractivity contribution in [3.63, 3.8) is 0 Å². The molecule has 0 radical (unpaired) electrons. The second-order valence-corrected chi connectivity index (χ2v) is 3.15.